The van der Waals surface area contributed by atoms with Gasteiger partial charge in [0.2, 0.25) is 0 Å². The molecule has 0 radical (unpaired) electrons. The van der Waals surface area contributed by atoms with Crippen molar-refractivity contribution in [1.29, 1.82) is 0 Å². The number of carbonyl (C=O) groups excluding carboxylic acids is 1. The van der Waals surface area contributed by atoms with Crippen molar-refractivity contribution in [2.24, 2.45) is 5.73 Å². The van der Waals surface area contributed by atoms with Crippen molar-refractivity contribution >= 4 is 5.97 Å². The van der Waals surface area contributed by atoms with E-state index in [0.717, 1.165) is 5.57 Å². The lowest BCUT2D eigenvalue weighted by molar-refractivity contribution is -0.142. The van der Waals surface area contributed by atoms with Crippen LogP contribution in [0.2, 0.25) is 0 Å². The van der Waals surface area contributed by atoms with Gasteiger partial charge in [-0.2, -0.15) is 0 Å². The van der Waals surface area contributed by atoms with Gasteiger partial charge in [0, 0.05) is 6.54 Å². The summed E-state index contributed by atoms with van der Waals surface area (Å²) in [5.41, 5.74) is 6.00. The third kappa shape index (κ3) is 5.87. The van der Waals surface area contributed by atoms with Crippen molar-refractivity contribution in [3.63, 3.8) is 0 Å². The fraction of sp³-hybridized carbons (Fsp3) is 0.300. The molecule has 0 aliphatic rings. The Morgan fingerprint density at radius 1 is 1.46 bits per heavy atom. The molecule has 0 saturated heterocycles. The maximum absolute atomic E-state index is 10.9. The van der Waals surface area contributed by atoms with Gasteiger partial charge in [0.15, 0.2) is 0 Å². The maximum Gasteiger partial charge on any atom is 0.307 e. The van der Waals surface area contributed by atoms with Gasteiger partial charge in [-0.15, -0.1) is 0 Å². The summed E-state index contributed by atoms with van der Waals surface area (Å²) in [4.78, 5) is 10.9. The number of allylic oxidation sites excluding steroid dienone is 2. The molecule has 2 N–H and O–H groups in total. The Bertz CT molecular complexity index is 219. The predicted molar refractivity (Wildman–Crippen MR) is 53.1 cm³/mol. The lowest BCUT2D eigenvalue weighted by Crippen LogP contribution is -2.12. The molecule has 0 aliphatic heterocycles. The van der Waals surface area contributed by atoms with E-state index in [0.29, 0.717) is 6.54 Å². The van der Waals surface area contributed by atoms with Crippen LogP contribution < -0.4 is 5.73 Å². The van der Waals surface area contributed by atoms with E-state index < -0.39 is 0 Å². The van der Waals surface area contributed by atoms with E-state index in [1.807, 2.05) is 0 Å². The first-order chi connectivity index (χ1) is 6.24. The summed E-state index contributed by atoms with van der Waals surface area (Å²) in [5, 5.41) is 0. The fourth-order valence-electron chi connectivity index (χ4n) is 0.680. The lowest BCUT2D eigenvalue weighted by Gasteiger charge is -2.03. The predicted octanol–water partition coefficient (Wildman–Crippen LogP) is 1.18. The number of ether oxygens (including phenoxy) is 1. The van der Waals surface area contributed by atoms with Crippen molar-refractivity contribution in [2.75, 3.05) is 13.2 Å². The molecular formula is C10H15NO2. The molecular weight excluding hydrogens is 166 g/mol. The SMILES string of the molecule is C=C/C=C(\C=C)COC(=O)CCN. The average molecular weight is 181 g/mol. The van der Waals surface area contributed by atoms with Crippen LogP contribution in [0.15, 0.2) is 37.0 Å². The quantitative estimate of drug-likeness (QED) is 0.494. The van der Waals surface area contributed by atoms with Crippen LogP contribution in [0.25, 0.3) is 0 Å². The first kappa shape index (κ1) is 11.6. The van der Waals surface area contributed by atoms with Gasteiger partial charge in [-0.1, -0.05) is 31.4 Å². The molecule has 3 nitrogen and oxygen atoms in total. The van der Waals surface area contributed by atoms with Gasteiger partial charge in [-0.3, -0.25) is 4.79 Å². The highest BCUT2D eigenvalue weighted by Crippen LogP contribution is 1.98. The van der Waals surface area contributed by atoms with Crippen LogP contribution >= 0.6 is 0 Å². The van der Waals surface area contributed by atoms with Crippen LogP contribution in [-0.4, -0.2) is 19.1 Å². The second kappa shape index (κ2) is 7.31. The second-order valence-corrected chi connectivity index (χ2v) is 2.38. The van der Waals surface area contributed by atoms with E-state index in [2.05, 4.69) is 13.2 Å². The maximum atomic E-state index is 10.9. The van der Waals surface area contributed by atoms with Crippen LogP contribution in [0, 0.1) is 0 Å². The Labute approximate surface area is 78.6 Å². The molecule has 0 aromatic heterocycles. The van der Waals surface area contributed by atoms with Crippen molar-refractivity contribution in [1.82, 2.24) is 0 Å². The van der Waals surface area contributed by atoms with Gasteiger partial charge in [-0.05, 0) is 5.57 Å². The van der Waals surface area contributed by atoms with Crippen molar-refractivity contribution < 1.29 is 9.53 Å². The molecule has 0 fully saturated rings. The van der Waals surface area contributed by atoms with E-state index in [9.17, 15) is 4.79 Å². The monoisotopic (exact) mass is 181 g/mol. The molecule has 13 heavy (non-hydrogen) atoms. The van der Waals surface area contributed by atoms with Gasteiger partial charge < -0.3 is 10.5 Å². The number of hydrogen-bond donors (Lipinski definition) is 1. The molecule has 72 valence electrons. The van der Waals surface area contributed by atoms with E-state index in [-0.39, 0.29) is 19.0 Å². The molecule has 0 bridgehead atoms. The molecule has 0 aromatic rings. The van der Waals surface area contributed by atoms with Gasteiger partial charge in [0.05, 0.1) is 6.42 Å². The van der Waals surface area contributed by atoms with Gasteiger partial charge in [0.1, 0.15) is 6.61 Å². The molecule has 0 aromatic carbocycles. The normalized spacial score (nSPS) is 10.7. The molecule has 0 heterocycles. The average Bonchev–Trinajstić information content (AvgIpc) is 2.12. The van der Waals surface area contributed by atoms with E-state index in [1.54, 1.807) is 18.2 Å². The lowest BCUT2D eigenvalue weighted by atomic mass is 10.2. The van der Waals surface area contributed by atoms with E-state index >= 15 is 0 Å². The summed E-state index contributed by atoms with van der Waals surface area (Å²) in [5.74, 6) is -0.292. The molecule has 0 rings (SSSR count). The highest BCUT2D eigenvalue weighted by Gasteiger charge is 2.00. The first-order valence-corrected chi connectivity index (χ1v) is 4.04. The minimum absolute atomic E-state index is 0.231. The van der Waals surface area contributed by atoms with Crippen LogP contribution in [0.3, 0.4) is 0 Å². The summed E-state index contributed by atoms with van der Waals surface area (Å²) >= 11 is 0. The first-order valence-electron chi connectivity index (χ1n) is 4.04. The third-order valence-corrected chi connectivity index (χ3v) is 1.34. The summed E-state index contributed by atoms with van der Waals surface area (Å²) < 4.78 is 4.88. The zero-order valence-corrected chi connectivity index (χ0v) is 7.66. The topological polar surface area (TPSA) is 52.3 Å². The minimum atomic E-state index is -0.292. The molecule has 0 saturated carbocycles. The fourth-order valence-corrected chi connectivity index (χ4v) is 0.680. The molecule has 0 unspecified atom stereocenters. The zero-order valence-electron chi connectivity index (χ0n) is 7.66. The highest BCUT2D eigenvalue weighted by atomic mass is 16.5. The Kier molecular flexibility index (Phi) is 6.55. The summed E-state index contributed by atoms with van der Waals surface area (Å²) in [7, 11) is 0. The molecule has 0 spiro atoms. The number of nitrogens with two attached hydrogens (primary N) is 1. The van der Waals surface area contributed by atoms with E-state index in [4.69, 9.17) is 10.5 Å². The highest BCUT2D eigenvalue weighted by molar-refractivity contribution is 5.69. The summed E-state index contributed by atoms with van der Waals surface area (Å²) in [6.07, 6.45) is 5.23. The van der Waals surface area contributed by atoms with Crippen LogP contribution in [0.5, 0.6) is 0 Å². The largest absolute Gasteiger partial charge is 0.461 e. The molecule has 0 atom stereocenters. The third-order valence-electron chi connectivity index (χ3n) is 1.34. The number of carbonyl (C=O) groups is 1. The minimum Gasteiger partial charge on any atom is -0.461 e. The van der Waals surface area contributed by atoms with Crippen molar-refractivity contribution in [3.8, 4) is 0 Å². The van der Waals surface area contributed by atoms with Gasteiger partial charge >= 0.3 is 5.97 Å². The van der Waals surface area contributed by atoms with E-state index in [1.165, 1.54) is 0 Å². The van der Waals surface area contributed by atoms with Crippen LogP contribution in [0.1, 0.15) is 6.42 Å². The summed E-state index contributed by atoms with van der Waals surface area (Å²) in [6.45, 7) is 7.64. The zero-order chi connectivity index (χ0) is 10.1. The van der Waals surface area contributed by atoms with Gasteiger partial charge in [-0.25, -0.2) is 0 Å². The standard InChI is InChI=1S/C10H15NO2/c1-3-5-9(4-2)8-13-10(12)6-7-11/h3-5H,1-2,6-8,11H2/b9-5+. The summed E-state index contributed by atoms with van der Waals surface area (Å²) in [6, 6.07) is 0. The smallest absolute Gasteiger partial charge is 0.307 e. The molecule has 3 heteroatoms. The Balaban J connectivity index is 3.85. The Hall–Kier alpha value is -1.35. The number of hydrogen-bond acceptors (Lipinski definition) is 3. The Morgan fingerprint density at radius 3 is 2.62 bits per heavy atom. The van der Waals surface area contributed by atoms with Gasteiger partial charge in [0.25, 0.3) is 0 Å². The second-order valence-electron chi connectivity index (χ2n) is 2.38. The molecule has 0 amide bonds. The van der Waals surface area contributed by atoms with Crippen molar-refractivity contribution in [3.05, 3.63) is 37.0 Å². The van der Waals surface area contributed by atoms with Crippen molar-refractivity contribution in [2.45, 2.75) is 6.42 Å². The number of esters is 1. The molecule has 0 aliphatic carbocycles. The number of rotatable bonds is 6. The van der Waals surface area contributed by atoms with Crippen LogP contribution in [-0.2, 0) is 9.53 Å². The van der Waals surface area contributed by atoms with Crippen LogP contribution in [0.4, 0.5) is 0 Å². The Morgan fingerprint density at radius 2 is 2.15 bits per heavy atom.